The lowest BCUT2D eigenvalue weighted by molar-refractivity contribution is 0.243. The summed E-state index contributed by atoms with van der Waals surface area (Å²) in [7, 11) is -1.38. The SMILES string of the molecule is Cc1n[nH]c(C)c1[C@H](C)N(C)Cc1cnc(S(=O)(=O)C(C)C)n1CCC(C)C. The van der Waals surface area contributed by atoms with Crippen LogP contribution in [-0.2, 0) is 22.9 Å². The van der Waals surface area contributed by atoms with Crippen molar-refractivity contribution in [3.05, 3.63) is 28.8 Å². The van der Waals surface area contributed by atoms with Gasteiger partial charge in [-0.05, 0) is 54.0 Å². The van der Waals surface area contributed by atoms with Crippen LogP contribution in [0.15, 0.2) is 11.4 Å². The molecule has 0 saturated heterocycles. The molecule has 0 radical (unpaired) electrons. The van der Waals surface area contributed by atoms with Gasteiger partial charge in [-0.1, -0.05) is 13.8 Å². The zero-order chi connectivity index (χ0) is 21.2. The number of sulfone groups is 1. The molecule has 0 spiro atoms. The monoisotopic (exact) mass is 409 g/mol. The highest BCUT2D eigenvalue weighted by Crippen LogP contribution is 2.26. The molecule has 2 aromatic rings. The van der Waals surface area contributed by atoms with Gasteiger partial charge in [0.15, 0.2) is 0 Å². The first-order chi connectivity index (χ1) is 13.0. The molecule has 0 unspecified atom stereocenters. The summed E-state index contributed by atoms with van der Waals surface area (Å²) >= 11 is 0. The molecule has 0 aromatic carbocycles. The van der Waals surface area contributed by atoms with Gasteiger partial charge in [-0.25, -0.2) is 13.4 Å². The lowest BCUT2D eigenvalue weighted by atomic mass is 10.1. The van der Waals surface area contributed by atoms with E-state index in [0.717, 1.165) is 23.5 Å². The maximum Gasteiger partial charge on any atom is 0.228 e. The van der Waals surface area contributed by atoms with Crippen LogP contribution in [0.3, 0.4) is 0 Å². The molecule has 1 N–H and O–H groups in total. The number of rotatable bonds is 9. The molecule has 7 nitrogen and oxygen atoms in total. The molecule has 0 aliphatic heterocycles. The Morgan fingerprint density at radius 1 is 1.18 bits per heavy atom. The molecular formula is C20H35N5O2S. The Hall–Kier alpha value is -1.67. The van der Waals surface area contributed by atoms with Crippen LogP contribution in [0.2, 0.25) is 0 Å². The van der Waals surface area contributed by atoms with E-state index in [0.29, 0.717) is 19.0 Å². The van der Waals surface area contributed by atoms with E-state index >= 15 is 0 Å². The summed E-state index contributed by atoms with van der Waals surface area (Å²) in [6.45, 7) is 15.1. The first kappa shape index (κ1) is 22.6. The Bertz CT molecular complexity index is 876. The quantitative estimate of drug-likeness (QED) is 0.683. The molecule has 158 valence electrons. The fourth-order valence-corrected chi connectivity index (χ4v) is 4.51. The van der Waals surface area contributed by atoms with Crippen LogP contribution in [-0.4, -0.2) is 45.4 Å². The molecule has 8 heteroatoms. The van der Waals surface area contributed by atoms with Crippen LogP contribution in [0.1, 0.15) is 69.7 Å². The summed E-state index contributed by atoms with van der Waals surface area (Å²) in [6.07, 6.45) is 2.62. The molecule has 0 amide bonds. The average Bonchev–Trinajstić information content (AvgIpc) is 3.15. The summed E-state index contributed by atoms with van der Waals surface area (Å²) < 4.78 is 27.5. The molecule has 2 rings (SSSR count). The lowest BCUT2D eigenvalue weighted by Gasteiger charge is -2.26. The predicted octanol–water partition coefficient (Wildman–Crippen LogP) is 3.64. The van der Waals surface area contributed by atoms with Gasteiger partial charge in [-0.2, -0.15) is 5.10 Å². The Balaban J connectivity index is 2.35. The van der Waals surface area contributed by atoms with Crippen molar-refractivity contribution in [2.24, 2.45) is 5.92 Å². The normalized spacial score (nSPS) is 13.8. The molecule has 1 atom stereocenters. The van der Waals surface area contributed by atoms with E-state index < -0.39 is 15.1 Å². The second kappa shape index (κ2) is 8.78. The van der Waals surface area contributed by atoms with E-state index in [-0.39, 0.29) is 11.2 Å². The first-order valence-corrected chi connectivity index (χ1v) is 11.5. The maximum atomic E-state index is 12.8. The van der Waals surface area contributed by atoms with E-state index in [1.165, 1.54) is 5.56 Å². The minimum atomic E-state index is -3.43. The Kier molecular flexibility index (Phi) is 7.09. The van der Waals surface area contributed by atoms with Gasteiger partial charge in [-0.3, -0.25) is 10.00 Å². The Morgan fingerprint density at radius 2 is 1.82 bits per heavy atom. The highest BCUT2D eigenvalue weighted by molar-refractivity contribution is 7.91. The minimum absolute atomic E-state index is 0.150. The third-order valence-corrected chi connectivity index (χ3v) is 7.46. The average molecular weight is 410 g/mol. The van der Waals surface area contributed by atoms with E-state index in [1.54, 1.807) is 20.0 Å². The second-order valence-electron chi connectivity index (χ2n) is 8.40. The van der Waals surface area contributed by atoms with Gasteiger partial charge in [-0.15, -0.1) is 0 Å². The molecule has 0 bridgehead atoms. The second-order valence-corrected chi connectivity index (χ2v) is 10.8. The molecule has 0 saturated carbocycles. The van der Waals surface area contributed by atoms with E-state index in [1.807, 2.05) is 25.5 Å². The standard InChI is InChI=1S/C20H35N5O2S/c1-13(2)9-10-25-18(11-21-20(25)28(26,27)14(3)4)12-24(8)17(7)19-15(5)22-23-16(19)6/h11,13-14,17H,9-10,12H2,1-8H3,(H,22,23)/t17-/m0/s1. The van der Waals surface area contributed by atoms with Crippen molar-refractivity contribution in [2.75, 3.05) is 7.05 Å². The van der Waals surface area contributed by atoms with Crippen LogP contribution in [0.5, 0.6) is 0 Å². The maximum absolute atomic E-state index is 12.8. The number of aromatic amines is 1. The zero-order valence-electron chi connectivity index (χ0n) is 18.4. The Labute approximate surface area is 169 Å². The smallest absolute Gasteiger partial charge is 0.228 e. The number of nitrogens with zero attached hydrogens (tertiary/aromatic N) is 4. The van der Waals surface area contributed by atoms with Crippen molar-refractivity contribution in [3.8, 4) is 0 Å². The van der Waals surface area contributed by atoms with Gasteiger partial charge in [0.25, 0.3) is 0 Å². The third kappa shape index (κ3) is 4.66. The van der Waals surface area contributed by atoms with Gasteiger partial charge >= 0.3 is 0 Å². The number of aromatic nitrogens is 4. The number of H-pyrrole nitrogens is 1. The Morgan fingerprint density at radius 3 is 2.32 bits per heavy atom. The van der Waals surface area contributed by atoms with Gasteiger partial charge in [0.05, 0.1) is 22.8 Å². The summed E-state index contributed by atoms with van der Waals surface area (Å²) in [5, 5.41) is 7.04. The van der Waals surface area contributed by atoms with Crippen molar-refractivity contribution in [1.29, 1.82) is 0 Å². The topological polar surface area (TPSA) is 83.9 Å². The van der Waals surface area contributed by atoms with Crippen LogP contribution in [0.25, 0.3) is 0 Å². The van der Waals surface area contributed by atoms with Crippen molar-refractivity contribution in [1.82, 2.24) is 24.6 Å². The predicted molar refractivity (Wildman–Crippen MR) is 112 cm³/mol. The van der Waals surface area contributed by atoms with Gasteiger partial charge in [0.1, 0.15) is 0 Å². The van der Waals surface area contributed by atoms with E-state index in [4.69, 9.17) is 0 Å². The fraction of sp³-hybridized carbons (Fsp3) is 0.700. The molecule has 0 fully saturated rings. The highest BCUT2D eigenvalue weighted by Gasteiger charge is 2.28. The molecule has 0 aliphatic carbocycles. The first-order valence-electron chi connectivity index (χ1n) is 9.96. The van der Waals surface area contributed by atoms with Crippen molar-refractivity contribution in [2.45, 2.75) is 84.4 Å². The van der Waals surface area contributed by atoms with Crippen molar-refractivity contribution < 1.29 is 8.42 Å². The molecule has 0 aliphatic rings. The lowest BCUT2D eigenvalue weighted by Crippen LogP contribution is -2.26. The summed E-state index contributed by atoms with van der Waals surface area (Å²) in [6, 6.07) is 0.150. The summed E-state index contributed by atoms with van der Waals surface area (Å²) in [4.78, 5) is 6.53. The van der Waals surface area contributed by atoms with Gasteiger partial charge in [0.2, 0.25) is 15.0 Å². The van der Waals surface area contributed by atoms with E-state index in [9.17, 15) is 8.42 Å². The molecule has 2 heterocycles. The molecule has 2 aromatic heterocycles. The highest BCUT2D eigenvalue weighted by atomic mass is 32.2. The number of aryl methyl sites for hydroxylation is 2. The van der Waals surface area contributed by atoms with Crippen LogP contribution >= 0.6 is 0 Å². The van der Waals surface area contributed by atoms with Crippen LogP contribution < -0.4 is 0 Å². The number of nitrogens with one attached hydrogen (secondary N) is 1. The van der Waals surface area contributed by atoms with Crippen molar-refractivity contribution >= 4 is 9.84 Å². The summed E-state index contributed by atoms with van der Waals surface area (Å²) in [5.74, 6) is 0.484. The summed E-state index contributed by atoms with van der Waals surface area (Å²) in [5.41, 5.74) is 4.17. The molecular weight excluding hydrogens is 374 g/mol. The number of imidazole rings is 1. The minimum Gasteiger partial charge on any atom is -0.318 e. The van der Waals surface area contributed by atoms with Gasteiger partial charge in [0, 0.05) is 30.4 Å². The largest absolute Gasteiger partial charge is 0.318 e. The number of hydrogen-bond donors (Lipinski definition) is 1. The molecule has 28 heavy (non-hydrogen) atoms. The van der Waals surface area contributed by atoms with Crippen molar-refractivity contribution in [3.63, 3.8) is 0 Å². The van der Waals surface area contributed by atoms with E-state index in [2.05, 4.69) is 40.9 Å². The fourth-order valence-electron chi connectivity index (χ4n) is 3.37. The van der Waals surface area contributed by atoms with Crippen LogP contribution in [0, 0.1) is 19.8 Å². The van der Waals surface area contributed by atoms with Crippen LogP contribution in [0.4, 0.5) is 0 Å². The zero-order valence-corrected chi connectivity index (χ0v) is 19.3. The third-order valence-electron chi connectivity index (χ3n) is 5.38. The van der Waals surface area contributed by atoms with Gasteiger partial charge < -0.3 is 4.57 Å². The number of hydrogen-bond acceptors (Lipinski definition) is 5.